The van der Waals surface area contributed by atoms with Crippen molar-refractivity contribution < 1.29 is 0 Å². The Kier molecular flexibility index (Phi) is 3.62. The number of benzene rings is 1. The first-order valence-corrected chi connectivity index (χ1v) is 6.19. The molecular weight excluding hydrogens is 196 g/mol. The molecule has 1 aliphatic rings. The van der Waals surface area contributed by atoms with Crippen LogP contribution in [0.4, 0.5) is 0 Å². The van der Waals surface area contributed by atoms with Gasteiger partial charge in [0.15, 0.2) is 0 Å². The van der Waals surface area contributed by atoms with Crippen LogP contribution in [0.5, 0.6) is 0 Å². The lowest BCUT2D eigenvalue weighted by Gasteiger charge is -2.31. The monoisotopic (exact) mass is 218 g/mol. The molecule has 88 valence electrons. The fraction of sp³-hybridized carbons (Fsp3) is 0.571. The van der Waals surface area contributed by atoms with E-state index in [9.17, 15) is 0 Å². The Morgan fingerprint density at radius 1 is 1.31 bits per heavy atom. The van der Waals surface area contributed by atoms with Gasteiger partial charge in [-0.05, 0) is 38.3 Å². The van der Waals surface area contributed by atoms with Crippen molar-refractivity contribution in [1.29, 1.82) is 0 Å². The molecule has 0 aliphatic heterocycles. The van der Waals surface area contributed by atoms with Gasteiger partial charge in [0.1, 0.15) is 0 Å². The predicted molar refractivity (Wildman–Crippen MR) is 68.2 cm³/mol. The zero-order chi connectivity index (χ0) is 11.5. The molecule has 2 nitrogen and oxygen atoms in total. The zero-order valence-corrected chi connectivity index (χ0v) is 10.3. The highest BCUT2D eigenvalue weighted by Crippen LogP contribution is 2.32. The molecule has 0 aromatic heterocycles. The topological polar surface area (TPSA) is 29.3 Å². The average molecular weight is 218 g/mol. The van der Waals surface area contributed by atoms with E-state index in [4.69, 9.17) is 5.73 Å². The molecule has 1 aromatic rings. The Bertz CT molecular complexity index is 317. The van der Waals surface area contributed by atoms with Gasteiger partial charge in [0.25, 0.3) is 0 Å². The largest absolute Gasteiger partial charge is 0.326 e. The van der Waals surface area contributed by atoms with E-state index in [1.54, 1.807) is 0 Å². The number of rotatable bonds is 5. The smallest absolute Gasteiger partial charge is 0.0493 e. The molecule has 0 heterocycles. The second-order valence-electron chi connectivity index (χ2n) is 5.10. The second kappa shape index (κ2) is 4.98. The molecule has 2 heteroatoms. The third-order valence-electron chi connectivity index (χ3n) is 3.36. The van der Waals surface area contributed by atoms with Crippen LogP contribution in [0.15, 0.2) is 30.3 Å². The molecule has 2 atom stereocenters. The minimum Gasteiger partial charge on any atom is -0.326 e. The van der Waals surface area contributed by atoms with Gasteiger partial charge in [-0.15, -0.1) is 0 Å². The first-order chi connectivity index (χ1) is 7.68. The maximum atomic E-state index is 6.12. The summed E-state index contributed by atoms with van der Waals surface area (Å²) < 4.78 is 0. The molecule has 16 heavy (non-hydrogen) atoms. The fourth-order valence-electron chi connectivity index (χ4n) is 2.43. The van der Waals surface area contributed by atoms with Crippen molar-refractivity contribution >= 4 is 0 Å². The molecule has 1 aliphatic carbocycles. The number of hydrogen-bond acceptors (Lipinski definition) is 2. The summed E-state index contributed by atoms with van der Waals surface area (Å²) in [5.41, 5.74) is 7.46. The quantitative estimate of drug-likeness (QED) is 0.822. The summed E-state index contributed by atoms with van der Waals surface area (Å²) in [4.78, 5) is 2.41. The van der Waals surface area contributed by atoms with Gasteiger partial charge in [-0.2, -0.15) is 0 Å². The predicted octanol–water partition coefficient (Wildman–Crippen LogP) is 2.42. The minimum absolute atomic E-state index is 0.172. The molecule has 1 fully saturated rings. The Balaban J connectivity index is 2.09. The summed E-state index contributed by atoms with van der Waals surface area (Å²) in [5, 5.41) is 0. The van der Waals surface area contributed by atoms with E-state index in [0.29, 0.717) is 6.04 Å². The standard InChI is InChI=1S/C14H22N2/c1-11(15)14(13-6-4-3-5-7-13)16(2)10-12-8-9-12/h3-7,11-12,14H,8-10,15H2,1-2H3. The number of likely N-dealkylation sites (N-methyl/N-ethyl adjacent to an activating group) is 1. The molecular formula is C14H22N2. The van der Waals surface area contributed by atoms with Crippen LogP contribution in [-0.4, -0.2) is 24.5 Å². The number of nitrogens with zero attached hydrogens (tertiary/aromatic N) is 1. The van der Waals surface area contributed by atoms with Crippen molar-refractivity contribution in [1.82, 2.24) is 4.90 Å². The van der Waals surface area contributed by atoms with Crippen LogP contribution in [-0.2, 0) is 0 Å². The van der Waals surface area contributed by atoms with Crippen LogP contribution in [0.1, 0.15) is 31.4 Å². The van der Waals surface area contributed by atoms with Gasteiger partial charge < -0.3 is 5.73 Å². The van der Waals surface area contributed by atoms with E-state index in [2.05, 4.69) is 49.2 Å². The van der Waals surface area contributed by atoms with Gasteiger partial charge in [0.2, 0.25) is 0 Å². The van der Waals surface area contributed by atoms with Crippen LogP contribution < -0.4 is 5.73 Å². The van der Waals surface area contributed by atoms with E-state index in [1.165, 1.54) is 24.9 Å². The molecule has 0 saturated heterocycles. The van der Waals surface area contributed by atoms with E-state index >= 15 is 0 Å². The summed E-state index contributed by atoms with van der Waals surface area (Å²) in [6.07, 6.45) is 2.79. The van der Waals surface area contributed by atoms with Crippen molar-refractivity contribution in [3.8, 4) is 0 Å². The van der Waals surface area contributed by atoms with Gasteiger partial charge in [0.05, 0.1) is 0 Å². The summed E-state index contributed by atoms with van der Waals surface area (Å²) in [7, 11) is 2.19. The third-order valence-corrected chi connectivity index (χ3v) is 3.36. The Labute approximate surface area is 98.4 Å². The Morgan fingerprint density at radius 2 is 1.94 bits per heavy atom. The lowest BCUT2D eigenvalue weighted by Crippen LogP contribution is -2.38. The van der Waals surface area contributed by atoms with Gasteiger partial charge in [-0.25, -0.2) is 0 Å². The molecule has 2 unspecified atom stereocenters. The first-order valence-electron chi connectivity index (χ1n) is 6.19. The van der Waals surface area contributed by atoms with Crippen molar-refractivity contribution in [2.24, 2.45) is 11.7 Å². The van der Waals surface area contributed by atoms with Gasteiger partial charge in [0, 0.05) is 18.6 Å². The number of hydrogen-bond donors (Lipinski definition) is 1. The molecule has 2 rings (SSSR count). The van der Waals surface area contributed by atoms with Crippen LogP contribution in [0, 0.1) is 5.92 Å². The van der Waals surface area contributed by atoms with Crippen molar-refractivity contribution in [2.45, 2.75) is 31.8 Å². The maximum absolute atomic E-state index is 6.12. The highest BCUT2D eigenvalue weighted by molar-refractivity contribution is 5.20. The average Bonchev–Trinajstić information content (AvgIpc) is 3.03. The molecule has 0 bridgehead atoms. The fourth-order valence-corrected chi connectivity index (χ4v) is 2.43. The van der Waals surface area contributed by atoms with Crippen molar-refractivity contribution in [3.63, 3.8) is 0 Å². The third kappa shape index (κ3) is 2.83. The highest BCUT2D eigenvalue weighted by Gasteiger charge is 2.28. The first kappa shape index (κ1) is 11.6. The Morgan fingerprint density at radius 3 is 2.44 bits per heavy atom. The molecule has 0 amide bonds. The SMILES string of the molecule is CC(N)C(c1ccccc1)N(C)CC1CC1. The zero-order valence-electron chi connectivity index (χ0n) is 10.3. The van der Waals surface area contributed by atoms with E-state index in [0.717, 1.165) is 5.92 Å². The van der Waals surface area contributed by atoms with Crippen molar-refractivity contribution in [2.75, 3.05) is 13.6 Å². The van der Waals surface area contributed by atoms with E-state index in [1.807, 2.05) is 0 Å². The van der Waals surface area contributed by atoms with Gasteiger partial charge in [-0.1, -0.05) is 30.3 Å². The van der Waals surface area contributed by atoms with Crippen LogP contribution in [0.3, 0.4) is 0 Å². The van der Waals surface area contributed by atoms with Crippen molar-refractivity contribution in [3.05, 3.63) is 35.9 Å². The second-order valence-corrected chi connectivity index (χ2v) is 5.10. The van der Waals surface area contributed by atoms with E-state index < -0.39 is 0 Å². The molecule has 1 saturated carbocycles. The summed E-state index contributed by atoms with van der Waals surface area (Å²) in [5.74, 6) is 0.912. The minimum atomic E-state index is 0.172. The Hall–Kier alpha value is -0.860. The van der Waals surface area contributed by atoms with Crippen LogP contribution in [0.25, 0.3) is 0 Å². The molecule has 1 aromatic carbocycles. The van der Waals surface area contributed by atoms with Gasteiger partial charge in [-0.3, -0.25) is 4.90 Å². The van der Waals surface area contributed by atoms with Crippen LogP contribution >= 0.6 is 0 Å². The molecule has 2 N–H and O–H groups in total. The highest BCUT2D eigenvalue weighted by atomic mass is 15.1. The summed E-state index contributed by atoms with van der Waals surface area (Å²) in [6, 6.07) is 11.1. The molecule has 0 radical (unpaired) electrons. The normalized spacial score (nSPS) is 19.8. The maximum Gasteiger partial charge on any atom is 0.0493 e. The number of nitrogens with two attached hydrogens (primary N) is 1. The molecule has 0 spiro atoms. The lowest BCUT2D eigenvalue weighted by molar-refractivity contribution is 0.211. The van der Waals surface area contributed by atoms with Gasteiger partial charge >= 0.3 is 0 Å². The summed E-state index contributed by atoms with van der Waals surface area (Å²) in [6.45, 7) is 3.28. The lowest BCUT2D eigenvalue weighted by atomic mass is 9.99. The van der Waals surface area contributed by atoms with E-state index in [-0.39, 0.29) is 6.04 Å². The summed E-state index contributed by atoms with van der Waals surface area (Å²) >= 11 is 0. The van der Waals surface area contributed by atoms with Crippen LogP contribution in [0.2, 0.25) is 0 Å².